The number of aliphatic hydroxyl groups is 1. The third-order valence-electron chi connectivity index (χ3n) is 4.87. The summed E-state index contributed by atoms with van der Waals surface area (Å²) in [7, 11) is 0. The number of aromatic nitrogens is 3. The van der Waals surface area contributed by atoms with Crippen molar-refractivity contribution < 1.29 is 23.0 Å². The Morgan fingerprint density at radius 1 is 1.03 bits per heavy atom. The number of imidazole rings is 1. The number of hydrogen-bond acceptors (Lipinski definition) is 4. The molecule has 31 heavy (non-hydrogen) atoms. The minimum absolute atomic E-state index is 0.0671. The van der Waals surface area contributed by atoms with Gasteiger partial charge in [0.25, 0.3) is 0 Å². The number of hydrogen-bond donors (Lipinski definition) is 2. The lowest BCUT2D eigenvalue weighted by Gasteiger charge is -2.23. The number of rotatable bonds is 8. The van der Waals surface area contributed by atoms with Gasteiger partial charge in [-0.2, -0.15) is 13.2 Å². The fraction of sp³-hybridized carbons (Fsp3) is 0.304. The van der Waals surface area contributed by atoms with Crippen LogP contribution in [0.25, 0.3) is 22.6 Å². The number of nitrogens with zero attached hydrogens (tertiary/aromatic N) is 2. The SMILES string of the molecule is C=C(O)C(C)(C)COc1ccc(-c2ccc(-c3ncc(CCC(F)(F)F)[nH]3)cn2)cc1. The molecule has 0 aliphatic rings. The molecule has 3 rings (SSSR count). The van der Waals surface area contributed by atoms with Crippen LogP contribution < -0.4 is 4.74 Å². The van der Waals surface area contributed by atoms with Crippen molar-refractivity contribution in [3.05, 3.63) is 66.8 Å². The smallest absolute Gasteiger partial charge is 0.389 e. The van der Waals surface area contributed by atoms with Gasteiger partial charge in [-0.05, 0) is 56.7 Å². The largest absolute Gasteiger partial charge is 0.512 e. The molecule has 2 N–H and O–H groups in total. The van der Waals surface area contributed by atoms with Gasteiger partial charge in [0, 0.05) is 35.6 Å². The number of aliphatic hydroxyl groups excluding tert-OH is 1. The molecular formula is C23H24F3N3O2. The highest BCUT2D eigenvalue weighted by Crippen LogP contribution is 2.27. The molecule has 8 heteroatoms. The lowest BCUT2D eigenvalue weighted by molar-refractivity contribution is -0.134. The molecule has 0 aliphatic heterocycles. The van der Waals surface area contributed by atoms with Crippen LogP contribution >= 0.6 is 0 Å². The third-order valence-corrected chi connectivity index (χ3v) is 4.87. The lowest BCUT2D eigenvalue weighted by atomic mass is 9.93. The second kappa shape index (κ2) is 8.83. The predicted molar refractivity (Wildman–Crippen MR) is 113 cm³/mol. The van der Waals surface area contributed by atoms with E-state index in [-0.39, 0.29) is 12.2 Å². The Hall–Kier alpha value is -3.29. The van der Waals surface area contributed by atoms with Crippen molar-refractivity contribution in [1.82, 2.24) is 15.0 Å². The molecule has 0 spiro atoms. The van der Waals surface area contributed by atoms with Crippen LogP contribution in [0.15, 0.2) is 61.1 Å². The zero-order valence-corrected chi connectivity index (χ0v) is 17.3. The van der Waals surface area contributed by atoms with Crippen molar-refractivity contribution in [2.24, 2.45) is 5.41 Å². The molecule has 0 saturated carbocycles. The summed E-state index contributed by atoms with van der Waals surface area (Å²) < 4.78 is 42.8. The first kappa shape index (κ1) is 22.4. The average Bonchev–Trinajstić information content (AvgIpc) is 3.20. The van der Waals surface area contributed by atoms with E-state index in [2.05, 4.69) is 21.5 Å². The van der Waals surface area contributed by atoms with E-state index in [0.29, 0.717) is 29.4 Å². The fourth-order valence-corrected chi connectivity index (χ4v) is 2.68. The van der Waals surface area contributed by atoms with Crippen molar-refractivity contribution in [2.45, 2.75) is 32.9 Å². The summed E-state index contributed by atoms with van der Waals surface area (Å²) in [6, 6.07) is 11.0. The maximum absolute atomic E-state index is 12.4. The Morgan fingerprint density at radius 3 is 2.29 bits per heavy atom. The Labute approximate surface area is 178 Å². The van der Waals surface area contributed by atoms with Crippen molar-refractivity contribution in [3.63, 3.8) is 0 Å². The molecule has 0 bridgehead atoms. The van der Waals surface area contributed by atoms with Gasteiger partial charge in [0.05, 0.1) is 16.9 Å². The van der Waals surface area contributed by atoms with E-state index in [1.165, 1.54) is 6.20 Å². The molecule has 3 aromatic rings. The first-order chi connectivity index (χ1) is 14.5. The molecule has 0 aliphatic carbocycles. The molecule has 2 aromatic heterocycles. The minimum Gasteiger partial charge on any atom is -0.512 e. The van der Waals surface area contributed by atoms with Gasteiger partial charge < -0.3 is 14.8 Å². The lowest BCUT2D eigenvalue weighted by Crippen LogP contribution is -2.23. The van der Waals surface area contributed by atoms with E-state index in [1.54, 1.807) is 6.20 Å². The van der Waals surface area contributed by atoms with Gasteiger partial charge in [-0.1, -0.05) is 6.58 Å². The number of halogens is 3. The Bertz CT molecular complexity index is 1020. The predicted octanol–water partition coefficient (Wildman–Crippen LogP) is 6.11. The molecule has 0 atom stereocenters. The van der Waals surface area contributed by atoms with Crippen LogP contribution in [-0.4, -0.2) is 32.8 Å². The third kappa shape index (κ3) is 6.10. The van der Waals surface area contributed by atoms with Crippen LogP contribution in [-0.2, 0) is 6.42 Å². The topological polar surface area (TPSA) is 71.0 Å². The summed E-state index contributed by atoms with van der Waals surface area (Å²) in [5.41, 5.74) is 2.20. The quantitative estimate of drug-likeness (QED) is 0.422. The van der Waals surface area contributed by atoms with E-state index in [4.69, 9.17) is 4.74 Å². The first-order valence-electron chi connectivity index (χ1n) is 9.72. The zero-order valence-electron chi connectivity index (χ0n) is 17.3. The standard InChI is InChI=1S/C23H24F3N3O2/c1-15(30)22(2,3)14-31-19-7-4-16(5-8-19)20-9-6-17(12-27-20)21-28-13-18(29-21)10-11-23(24,25)26/h4-9,12-13,30H,1,10-11,14H2,2-3H3,(H,28,29). The van der Waals surface area contributed by atoms with Crippen LogP contribution in [0.2, 0.25) is 0 Å². The molecule has 1 aromatic carbocycles. The summed E-state index contributed by atoms with van der Waals surface area (Å²) in [5, 5.41) is 9.58. The summed E-state index contributed by atoms with van der Waals surface area (Å²) in [4.78, 5) is 11.5. The average molecular weight is 431 g/mol. The molecule has 0 fully saturated rings. The number of ether oxygens (including phenoxy) is 1. The summed E-state index contributed by atoms with van der Waals surface area (Å²) in [6.45, 7) is 7.53. The first-order valence-corrected chi connectivity index (χ1v) is 9.72. The summed E-state index contributed by atoms with van der Waals surface area (Å²) >= 11 is 0. The number of nitrogens with one attached hydrogen (secondary N) is 1. The highest BCUT2D eigenvalue weighted by molar-refractivity contribution is 5.63. The van der Waals surface area contributed by atoms with Crippen molar-refractivity contribution in [1.29, 1.82) is 0 Å². The summed E-state index contributed by atoms with van der Waals surface area (Å²) in [5.74, 6) is 1.21. The molecular weight excluding hydrogens is 407 g/mol. The fourth-order valence-electron chi connectivity index (χ4n) is 2.68. The van der Waals surface area contributed by atoms with Gasteiger partial charge in [-0.3, -0.25) is 4.98 Å². The van der Waals surface area contributed by atoms with Crippen LogP contribution in [0, 0.1) is 5.41 Å². The molecule has 0 amide bonds. The van der Waals surface area contributed by atoms with Crippen LogP contribution in [0.1, 0.15) is 26.0 Å². The number of H-pyrrole nitrogens is 1. The molecule has 0 radical (unpaired) electrons. The highest BCUT2D eigenvalue weighted by Gasteiger charge is 2.27. The van der Waals surface area contributed by atoms with Gasteiger partial charge in [0.15, 0.2) is 0 Å². The van der Waals surface area contributed by atoms with Crippen molar-refractivity contribution in [3.8, 4) is 28.4 Å². The molecule has 2 heterocycles. The molecule has 0 saturated heterocycles. The Kier molecular flexibility index (Phi) is 6.38. The van der Waals surface area contributed by atoms with Gasteiger partial charge in [0.1, 0.15) is 18.2 Å². The summed E-state index contributed by atoms with van der Waals surface area (Å²) in [6.07, 6.45) is -2.18. The van der Waals surface area contributed by atoms with Gasteiger partial charge in [-0.25, -0.2) is 4.98 Å². The van der Waals surface area contributed by atoms with Gasteiger partial charge >= 0.3 is 6.18 Å². The second-order valence-electron chi connectivity index (χ2n) is 7.95. The number of aromatic amines is 1. The van der Waals surface area contributed by atoms with E-state index in [0.717, 1.165) is 11.3 Å². The molecule has 5 nitrogen and oxygen atoms in total. The van der Waals surface area contributed by atoms with Crippen molar-refractivity contribution in [2.75, 3.05) is 6.61 Å². The van der Waals surface area contributed by atoms with E-state index >= 15 is 0 Å². The van der Waals surface area contributed by atoms with Crippen LogP contribution in [0.5, 0.6) is 5.75 Å². The van der Waals surface area contributed by atoms with E-state index < -0.39 is 18.0 Å². The maximum Gasteiger partial charge on any atom is 0.389 e. The van der Waals surface area contributed by atoms with Gasteiger partial charge in [-0.15, -0.1) is 0 Å². The normalized spacial score (nSPS) is 12.0. The monoisotopic (exact) mass is 431 g/mol. The maximum atomic E-state index is 12.4. The van der Waals surface area contributed by atoms with Crippen LogP contribution in [0.3, 0.4) is 0 Å². The van der Waals surface area contributed by atoms with Gasteiger partial charge in [0.2, 0.25) is 0 Å². The Morgan fingerprint density at radius 2 is 1.71 bits per heavy atom. The molecule has 164 valence electrons. The Balaban J connectivity index is 1.64. The van der Waals surface area contributed by atoms with Crippen LogP contribution in [0.4, 0.5) is 13.2 Å². The van der Waals surface area contributed by atoms with Crippen molar-refractivity contribution >= 4 is 0 Å². The number of benzene rings is 1. The van der Waals surface area contributed by atoms with E-state index in [9.17, 15) is 18.3 Å². The highest BCUT2D eigenvalue weighted by atomic mass is 19.4. The number of pyridine rings is 1. The number of aryl methyl sites for hydroxylation is 1. The van der Waals surface area contributed by atoms with E-state index in [1.807, 2.05) is 50.2 Å². The minimum atomic E-state index is -4.20. The zero-order chi connectivity index (χ0) is 22.6. The second-order valence-corrected chi connectivity index (χ2v) is 7.95. The number of alkyl halides is 3. The molecule has 0 unspecified atom stereocenters.